The molecule has 1 aromatic carbocycles. The lowest BCUT2D eigenvalue weighted by atomic mass is 9.86. The third-order valence-electron chi connectivity index (χ3n) is 4.23. The SMILES string of the molecule is CC1CC(C)C(C)N(CC(=O)c2ccc(F)cc2)C1. The topological polar surface area (TPSA) is 20.3 Å². The normalized spacial score (nSPS) is 28.3. The van der Waals surface area contributed by atoms with Crippen molar-refractivity contribution in [1.29, 1.82) is 0 Å². The zero-order valence-corrected chi connectivity index (χ0v) is 11.9. The Bertz CT molecular complexity index is 443. The largest absolute Gasteiger partial charge is 0.293 e. The first-order valence-corrected chi connectivity index (χ1v) is 7.00. The maximum atomic E-state index is 12.9. The van der Waals surface area contributed by atoms with Gasteiger partial charge in [-0.2, -0.15) is 0 Å². The van der Waals surface area contributed by atoms with E-state index in [1.54, 1.807) is 12.1 Å². The average Bonchev–Trinajstić information content (AvgIpc) is 2.36. The van der Waals surface area contributed by atoms with Crippen LogP contribution in [0.3, 0.4) is 0 Å². The van der Waals surface area contributed by atoms with Crippen molar-refractivity contribution in [2.45, 2.75) is 33.2 Å². The van der Waals surface area contributed by atoms with Crippen LogP contribution in [0.15, 0.2) is 24.3 Å². The second-order valence-electron chi connectivity index (χ2n) is 5.92. The number of likely N-dealkylation sites (tertiary alicyclic amines) is 1. The molecule has 0 N–H and O–H groups in total. The highest BCUT2D eigenvalue weighted by atomic mass is 19.1. The summed E-state index contributed by atoms with van der Waals surface area (Å²) < 4.78 is 12.9. The van der Waals surface area contributed by atoms with Crippen LogP contribution in [-0.2, 0) is 0 Å². The Morgan fingerprint density at radius 3 is 2.53 bits per heavy atom. The average molecular weight is 263 g/mol. The summed E-state index contributed by atoms with van der Waals surface area (Å²) in [4.78, 5) is 14.5. The summed E-state index contributed by atoms with van der Waals surface area (Å²) in [7, 11) is 0. The molecule has 1 saturated heterocycles. The first-order chi connectivity index (χ1) is 8.97. The first-order valence-electron chi connectivity index (χ1n) is 7.00. The van der Waals surface area contributed by atoms with E-state index >= 15 is 0 Å². The van der Waals surface area contributed by atoms with Crippen LogP contribution in [0.25, 0.3) is 0 Å². The molecule has 3 unspecified atom stereocenters. The Labute approximate surface area is 114 Å². The number of piperidine rings is 1. The highest BCUT2D eigenvalue weighted by molar-refractivity contribution is 5.97. The van der Waals surface area contributed by atoms with Gasteiger partial charge in [-0.15, -0.1) is 0 Å². The van der Waals surface area contributed by atoms with Gasteiger partial charge >= 0.3 is 0 Å². The molecule has 2 rings (SSSR count). The third kappa shape index (κ3) is 3.41. The van der Waals surface area contributed by atoms with Gasteiger partial charge in [-0.3, -0.25) is 9.69 Å². The molecule has 0 bridgehead atoms. The van der Waals surface area contributed by atoms with E-state index in [0.717, 1.165) is 6.54 Å². The first kappa shape index (κ1) is 14.2. The maximum Gasteiger partial charge on any atom is 0.176 e. The number of ketones is 1. The fourth-order valence-electron chi connectivity index (χ4n) is 2.95. The molecule has 1 fully saturated rings. The van der Waals surface area contributed by atoms with Gasteiger partial charge in [0.15, 0.2) is 5.78 Å². The van der Waals surface area contributed by atoms with E-state index in [4.69, 9.17) is 0 Å². The molecule has 0 radical (unpaired) electrons. The summed E-state index contributed by atoms with van der Waals surface area (Å²) in [6, 6.07) is 6.26. The lowest BCUT2D eigenvalue weighted by Gasteiger charge is -2.40. The fraction of sp³-hybridized carbons (Fsp3) is 0.562. The number of halogens is 1. The van der Waals surface area contributed by atoms with Crippen LogP contribution in [-0.4, -0.2) is 29.8 Å². The Balaban J connectivity index is 2.03. The molecule has 3 atom stereocenters. The van der Waals surface area contributed by atoms with Crippen LogP contribution in [0, 0.1) is 17.7 Å². The molecule has 104 valence electrons. The number of carbonyl (C=O) groups is 1. The van der Waals surface area contributed by atoms with E-state index in [0.29, 0.717) is 30.0 Å². The van der Waals surface area contributed by atoms with Gasteiger partial charge < -0.3 is 0 Å². The lowest BCUT2D eigenvalue weighted by molar-refractivity contribution is 0.0650. The molecule has 0 spiro atoms. The summed E-state index contributed by atoms with van der Waals surface area (Å²) in [5, 5.41) is 0. The van der Waals surface area contributed by atoms with Crippen molar-refractivity contribution in [3.63, 3.8) is 0 Å². The van der Waals surface area contributed by atoms with Gasteiger partial charge in [0.1, 0.15) is 5.82 Å². The van der Waals surface area contributed by atoms with Gasteiger partial charge in [0.25, 0.3) is 0 Å². The third-order valence-corrected chi connectivity index (χ3v) is 4.23. The highest BCUT2D eigenvalue weighted by Gasteiger charge is 2.29. The molecule has 0 amide bonds. The van der Waals surface area contributed by atoms with E-state index < -0.39 is 0 Å². The molecule has 1 aliphatic heterocycles. The maximum absolute atomic E-state index is 12.9. The minimum Gasteiger partial charge on any atom is -0.293 e. The fourth-order valence-corrected chi connectivity index (χ4v) is 2.95. The number of Topliss-reactive ketones (excluding diaryl/α,β-unsaturated/α-hetero) is 1. The zero-order valence-electron chi connectivity index (χ0n) is 11.9. The van der Waals surface area contributed by atoms with E-state index in [1.807, 2.05) is 0 Å². The number of rotatable bonds is 3. The van der Waals surface area contributed by atoms with Crippen LogP contribution in [0.1, 0.15) is 37.6 Å². The summed E-state index contributed by atoms with van der Waals surface area (Å²) in [5.74, 6) is 1.02. The molecular formula is C16H22FNO. The number of hydrogen-bond acceptors (Lipinski definition) is 2. The molecular weight excluding hydrogens is 241 g/mol. The molecule has 1 aromatic rings. The molecule has 0 aromatic heterocycles. The van der Waals surface area contributed by atoms with E-state index in [9.17, 15) is 9.18 Å². The van der Waals surface area contributed by atoms with Crippen molar-refractivity contribution < 1.29 is 9.18 Å². The molecule has 0 aliphatic carbocycles. The van der Waals surface area contributed by atoms with E-state index in [2.05, 4.69) is 25.7 Å². The summed E-state index contributed by atoms with van der Waals surface area (Å²) in [6.07, 6.45) is 1.22. The van der Waals surface area contributed by atoms with Crippen molar-refractivity contribution in [1.82, 2.24) is 4.90 Å². The predicted octanol–water partition coefficient (Wildman–Crippen LogP) is 3.37. The van der Waals surface area contributed by atoms with Crippen LogP contribution < -0.4 is 0 Å². The molecule has 2 nitrogen and oxygen atoms in total. The minimum absolute atomic E-state index is 0.0770. The number of benzene rings is 1. The van der Waals surface area contributed by atoms with Crippen LogP contribution in [0.5, 0.6) is 0 Å². The van der Waals surface area contributed by atoms with Crippen LogP contribution in [0.2, 0.25) is 0 Å². The van der Waals surface area contributed by atoms with Gasteiger partial charge in [0.05, 0.1) is 6.54 Å². The highest BCUT2D eigenvalue weighted by Crippen LogP contribution is 2.26. The van der Waals surface area contributed by atoms with Crippen molar-refractivity contribution >= 4 is 5.78 Å². The molecule has 3 heteroatoms. The Hall–Kier alpha value is -1.22. The summed E-state index contributed by atoms with van der Waals surface area (Å²) in [6.45, 7) is 8.07. The van der Waals surface area contributed by atoms with Crippen LogP contribution in [0.4, 0.5) is 4.39 Å². The second-order valence-corrected chi connectivity index (χ2v) is 5.92. The number of carbonyl (C=O) groups excluding carboxylic acids is 1. The van der Waals surface area contributed by atoms with Crippen LogP contribution >= 0.6 is 0 Å². The van der Waals surface area contributed by atoms with Gasteiger partial charge in [-0.1, -0.05) is 13.8 Å². The Morgan fingerprint density at radius 1 is 1.26 bits per heavy atom. The zero-order chi connectivity index (χ0) is 14.0. The molecule has 1 aliphatic rings. The van der Waals surface area contributed by atoms with Crippen molar-refractivity contribution in [2.75, 3.05) is 13.1 Å². The summed E-state index contributed by atoms with van der Waals surface area (Å²) in [5.41, 5.74) is 0.597. The van der Waals surface area contributed by atoms with Gasteiger partial charge in [0.2, 0.25) is 0 Å². The Kier molecular flexibility index (Phi) is 4.35. The Morgan fingerprint density at radius 2 is 1.89 bits per heavy atom. The number of nitrogens with zero attached hydrogens (tertiary/aromatic N) is 1. The standard InChI is InChI=1S/C16H22FNO/c1-11-8-12(2)13(3)18(9-11)10-16(19)14-4-6-15(17)7-5-14/h4-7,11-13H,8-10H2,1-3H3. The van der Waals surface area contributed by atoms with Gasteiger partial charge in [-0.25, -0.2) is 4.39 Å². The van der Waals surface area contributed by atoms with E-state index in [1.165, 1.54) is 18.6 Å². The summed E-state index contributed by atoms with van der Waals surface area (Å²) >= 11 is 0. The van der Waals surface area contributed by atoms with Crippen molar-refractivity contribution in [3.05, 3.63) is 35.6 Å². The van der Waals surface area contributed by atoms with E-state index in [-0.39, 0.29) is 11.6 Å². The quantitative estimate of drug-likeness (QED) is 0.779. The second kappa shape index (κ2) is 5.83. The van der Waals surface area contributed by atoms with Gasteiger partial charge in [0, 0.05) is 18.2 Å². The lowest BCUT2D eigenvalue weighted by Crippen LogP contribution is -2.47. The van der Waals surface area contributed by atoms with Crippen molar-refractivity contribution in [3.8, 4) is 0 Å². The monoisotopic (exact) mass is 263 g/mol. The molecule has 0 saturated carbocycles. The minimum atomic E-state index is -0.301. The predicted molar refractivity (Wildman–Crippen MR) is 74.7 cm³/mol. The molecule has 1 heterocycles. The van der Waals surface area contributed by atoms with Crippen molar-refractivity contribution in [2.24, 2.45) is 11.8 Å². The smallest absolute Gasteiger partial charge is 0.176 e. The molecule has 19 heavy (non-hydrogen) atoms. The number of hydrogen-bond donors (Lipinski definition) is 0. The van der Waals surface area contributed by atoms with Gasteiger partial charge in [-0.05, 0) is 49.4 Å².